The van der Waals surface area contributed by atoms with Crippen LogP contribution in [0, 0.1) is 12.8 Å². The third kappa shape index (κ3) is 7.58. The second-order valence-corrected chi connectivity index (χ2v) is 10.6. The number of aliphatic carboxylic acids is 1. The van der Waals surface area contributed by atoms with Gasteiger partial charge in [0.15, 0.2) is 0 Å². The summed E-state index contributed by atoms with van der Waals surface area (Å²) < 4.78 is 38.8. The van der Waals surface area contributed by atoms with Gasteiger partial charge in [-0.1, -0.05) is 26.0 Å². The number of anilines is 1. The zero-order chi connectivity index (χ0) is 27.3. The number of hydrogen-bond acceptors (Lipinski definition) is 4. The Morgan fingerprint density at radius 1 is 1.05 bits per heavy atom. The molecule has 3 rings (SSSR count). The molecule has 198 valence electrons. The van der Waals surface area contributed by atoms with E-state index in [0.29, 0.717) is 11.5 Å². The van der Waals surface area contributed by atoms with Crippen molar-refractivity contribution in [3.8, 4) is 10.4 Å². The SMILES string of the molecule is Cc1cc(-c2ccc(C(F)(F)F)cc2)sc1C(CC(C)C)Nc1ccc(C(=O)N(C)CCC(=O)O)cc1. The van der Waals surface area contributed by atoms with Gasteiger partial charge in [-0.05, 0) is 72.9 Å². The zero-order valence-electron chi connectivity index (χ0n) is 21.2. The van der Waals surface area contributed by atoms with Gasteiger partial charge in [0.25, 0.3) is 5.91 Å². The molecular formula is C28H31F3N2O3S. The first-order valence-electron chi connectivity index (χ1n) is 12.0. The molecule has 2 N–H and O–H groups in total. The number of hydrogen-bond donors (Lipinski definition) is 2. The molecule has 0 aliphatic rings. The summed E-state index contributed by atoms with van der Waals surface area (Å²) in [5, 5.41) is 12.4. The third-order valence-electron chi connectivity index (χ3n) is 5.96. The Morgan fingerprint density at radius 2 is 1.68 bits per heavy atom. The van der Waals surface area contributed by atoms with Crippen LogP contribution >= 0.6 is 11.3 Å². The van der Waals surface area contributed by atoms with E-state index in [1.54, 1.807) is 30.5 Å². The lowest BCUT2D eigenvalue weighted by molar-refractivity contribution is -0.138. The summed E-state index contributed by atoms with van der Waals surface area (Å²) in [6.45, 7) is 6.39. The first-order chi connectivity index (χ1) is 17.3. The minimum absolute atomic E-state index is 0.0204. The van der Waals surface area contributed by atoms with Gasteiger partial charge in [-0.15, -0.1) is 11.3 Å². The second-order valence-electron chi connectivity index (χ2n) is 9.51. The second kappa shape index (κ2) is 11.8. The molecule has 0 radical (unpaired) electrons. The van der Waals surface area contributed by atoms with Crippen LogP contribution in [0.3, 0.4) is 0 Å². The van der Waals surface area contributed by atoms with E-state index in [1.165, 1.54) is 17.0 Å². The molecule has 0 aliphatic carbocycles. The van der Waals surface area contributed by atoms with Gasteiger partial charge < -0.3 is 15.3 Å². The molecule has 2 aromatic carbocycles. The molecule has 0 saturated heterocycles. The number of carbonyl (C=O) groups excluding carboxylic acids is 1. The Hall–Kier alpha value is -3.33. The van der Waals surface area contributed by atoms with E-state index < -0.39 is 17.7 Å². The average Bonchev–Trinajstić information content (AvgIpc) is 3.23. The molecule has 1 aromatic heterocycles. The van der Waals surface area contributed by atoms with E-state index >= 15 is 0 Å². The number of rotatable bonds is 10. The molecular weight excluding hydrogens is 501 g/mol. The summed E-state index contributed by atoms with van der Waals surface area (Å²) in [6.07, 6.45) is -3.64. The predicted molar refractivity (Wildman–Crippen MR) is 141 cm³/mol. The highest BCUT2D eigenvalue weighted by atomic mass is 32.1. The molecule has 37 heavy (non-hydrogen) atoms. The number of halogens is 3. The normalized spacial score (nSPS) is 12.4. The Bertz CT molecular complexity index is 1220. The highest BCUT2D eigenvalue weighted by molar-refractivity contribution is 7.15. The number of amides is 1. The summed E-state index contributed by atoms with van der Waals surface area (Å²) in [6, 6.07) is 14.3. The summed E-state index contributed by atoms with van der Waals surface area (Å²) in [7, 11) is 1.57. The first kappa shape index (κ1) is 28.2. The maximum Gasteiger partial charge on any atom is 0.416 e. The van der Waals surface area contributed by atoms with Gasteiger partial charge in [-0.3, -0.25) is 9.59 Å². The maximum atomic E-state index is 12.9. The largest absolute Gasteiger partial charge is 0.481 e. The van der Waals surface area contributed by atoms with Crippen LogP contribution in [0.5, 0.6) is 0 Å². The lowest BCUT2D eigenvalue weighted by atomic mass is 9.99. The minimum atomic E-state index is -4.37. The number of carboxylic acids is 1. The van der Waals surface area contributed by atoms with E-state index in [9.17, 15) is 22.8 Å². The first-order valence-corrected chi connectivity index (χ1v) is 12.8. The van der Waals surface area contributed by atoms with Gasteiger partial charge >= 0.3 is 12.1 Å². The summed E-state index contributed by atoms with van der Waals surface area (Å²) in [4.78, 5) is 26.7. The highest BCUT2D eigenvalue weighted by Crippen LogP contribution is 2.39. The van der Waals surface area contributed by atoms with Crippen molar-refractivity contribution in [3.63, 3.8) is 0 Å². The maximum absolute atomic E-state index is 12.9. The number of aryl methyl sites for hydroxylation is 1. The molecule has 0 saturated carbocycles. The zero-order valence-corrected chi connectivity index (χ0v) is 22.0. The Kier molecular flexibility index (Phi) is 9.02. The topological polar surface area (TPSA) is 69.6 Å². The van der Waals surface area contributed by atoms with Crippen LogP contribution in [-0.4, -0.2) is 35.5 Å². The lowest BCUT2D eigenvalue weighted by Gasteiger charge is -2.22. The van der Waals surface area contributed by atoms with Crippen LogP contribution in [0.2, 0.25) is 0 Å². The van der Waals surface area contributed by atoms with Gasteiger partial charge in [-0.2, -0.15) is 13.2 Å². The van der Waals surface area contributed by atoms with Crippen molar-refractivity contribution in [2.75, 3.05) is 18.9 Å². The third-order valence-corrected chi connectivity index (χ3v) is 7.36. The standard InChI is InChI=1S/C28H31F3N2O3S/c1-17(2)15-23(32-22-11-7-20(8-12-22)27(36)33(4)14-13-25(34)35)26-18(3)16-24(37-26)19-5-9-21(10-6-19)28(29,30)31/h5-12,16-17,23,32H,13-15H2,1-4H3,(H,34,35). The summed E-state index contributed by atoms with van der Waals surface area (Å²) in [5.41, 5.74) is 2.43. The van der Waals surface area contributed by atoms with Crippen molar-refractivity contribution >= 4 is 28.9 Å². The van der Waals surface area contributed by atoms with Gasteiger partial charge in [0.1, 0.15) is 0 Å². The van der Waals surface area contributed by atoms with E-state index in [2.05, 4.69) is 19.2 Å². The number of thiophene rings is 1. The number of carbonyl (C=O) groups is 2. The van der Waals surface area contributed by atoms with Crippen molar-refractivity contribution in [2.45, 2.75) is 45.8 Å². The molecule has 0 fully saturated rings. The molecule has 1 heterocycles. The molecule has 0 bridgehead atoms. The van der Waals surface area contributed by atoms with Crippen LogP contribution < -0.4 is 5.32 Å². The van der Waals surface area contributed by atoms with E-state index in [0.717, 1.165) is 45.1 Å². The monoisotopic (exact) mass is 532 g/mol. The smallest absolute Gasteiger partial charge is 0.416 e. The number of alkyl halides is 3. The molecule has 0 spiro atoms. The van der Waals surface area contributed by atoms with Gasteiger partial charge in [0.2, 0.25) is 0 Å². The van der Waals surface area contributed by atoms with E-state index in [1.807, 2.05) is 25.1 Å². The summed E-state index contributed by atoms with van der Waals surface area (Å²) >= 11 is 1.56. The predicted octanol–water partition coefficient (Wildman–Crippen LogP) is 7.49. The van der Waals surface area contributed by atoms with Gasteiger partial charge in [0.05, 0.1) is 18.0 Å². The molecule has 1 atom stereocenters. The van der Waals surface area contributed by atoms with Crippen molar-refractivity contribution in [1.82, 2.24) is 4.90 Å². The van der Waals surface area contributed by atoms with E-state index in [-0.39, 0.29) is 24.9 Å². The molecule has 1 unspecified atom stereocenters. The number of carboxylic acid groups (broad SMARTS) is 1. The molecule has 3 aromatic rings. The number of nitrogens with one attached hydrogen (secondary N) is 1. The Morgan fingerprint density at radius 3 is 2.22 bits per heavy atom. The molecule has 9 heteroatoms. The summed E-state index contributed by atoms with van der Waals surface area (Å²) in [5.74, 6) is -0.820. The van der Waals surface area contributed by atoms with Crippen LogP contribution in [-0.2, 0) is 11.0 Å². The van der Waals surface area contributed by atoms with Crippen molar-refractivity contribution in [3.05, 3.63) is 76.2 Å². The Labute approximate surface area is 218 Å². The molecule has 1 amide bonds. The average molecular weight is 533 g/mol. The van der Waals surface area contributed by atoms with Crippen molar-refractivity contribution in [1.29, 1.82) is 0 Å². The van der Waals surface area contributed by atoms with Crippen LogP contribution in [0.4, 0.5) is 18.9 Å². The lowest BCUT2D eigenvalue weighted by Crippen LogP contribution is -2.29. The molecule has 5 nitrogen and oxygen atoms in total. The fourth-order valence-electron chi connectivity index (χ4n) is 4.01. The molecule has 0 aliphatic heterocycles. The highest BCUT2D eigenvalue weighted by Gasteiger charge is 2.30. The Balaban J connectivity index is 1.79. The fraction of sp³-hybridized carbons (Fsp3) is 0.357. The van der Waals surface area contributed by atoms with Gasteiger partial charge in [0, 0.05) is 34.6 Å². The van der Waals surface area contributed by atoms with Gasteiger partial charge in [-0.25, -0.2) is 0 Å². The van der Waals surface area contributed by atoms with Crippen LogP contribution in [0.25, 0.3) is 10.4 Å². The number of nitrogens with zero attached hydrogens (tertiary/aromatic N) is 1. The van der Waals surface area contributed by atoms with E-state index in [4.69, 9.17) is 5.11 Å². The quantitative estimate of drug-likeness (QED) is 0.284. The minimum Gasteiger partial charge on any atom is -0.481 e. The van der Waals surface area contributed by atoms with Crippen LogP contribution in [0.15, 0.2) is 54.6 Å². The van der Waals surface area contributed by atoms with Crippen molar-refractivity contribution < 1.29 is 27.9 Å². The van der Waals surface area contributed by atoms with Crippen molar-refractivity contribution in [2.24, 2.45) is 5.92 Å². The fourth-order valence-corrected chi connectivity index (χ4v) is 5.25. The number of benzene rings is 2. The van der Waals surface area contributed by atoms with Crippen LogP contribution in [0.1, 0.15) is 59.1 Å².